The minimum absolute atomic E-state index is 0.170. The van der Waals surface area contributed by atoms with E-state index in [-0.39, 0.29) is 17.0 Å². The second-order valence-electron chi connectivity index (χ2n) is 5.81. The van der Waals surface area contributed by atoms with Crippen LogP contribution in [-0.4, -0.2) is 33.9 Å². The van der Waals surface area contributed by atoms with Gasteiger partial charge >= 0.3 is 0 Å². The van der Waals surface area contributed by atoms with Gasteiger partial charge in [0, 0.05) is 0 Å². The SMILES string of the molecule is CC[C@@H](C)[C@@H](C(=O)[O-])N1C(=O)/C(=C/c2ccc3c(c2)OCO3)SC1=S. The van der Waals surface area contributed by atoms with Crippen LogP contribution in [0.15, 0.2) is 23.1 Å². The molecule has 25 heavy (non-hydrogen) atoms. The van der Waals surface area contributed by atoms with Crippen LogP contribution in [0, 0.1) is 5.92 Å². The minimum Gasteiger partial charge on any atom is -0.548 e. The third-order valence-electron chi connectivity index (χ3n) is 4.22. The molecule has 0 bridgehead atoms. The fourth-order valence-corrected chi connectivity index (χ4v) is 4.02. The maximum atomic E-state index is 12.7. The Kier molecular flexibility index (Phi) is 5.01. The van der Waals surface area contributed by atoms with Crippen LogP contribution < -0.4 is 14.6 Å². The number of fused-ring (bicyclic) bond motifs is 1. The maximum absolute atomic E-state index is 12.7. The van der Waals surface area contributed by atoms with E-state index in [9.17, 15) is 14.7 Å². The molecule has 132 valence electrons. The van der Waals surface area contributed by atoms with Gasteiger partial charge in [-0.05, 0) is 29.7 Å². The molecule has 0 spiro atoms. The fraction of sp³-hybridized carbons (Fsp3) is 0.353. The largest absolute Gasteiger partial charge is 0.548 e. The molecule has 0 unspecified atom stereocenters. The third-order valence-corrected chi connectivity index (χ3v) is 5.55. The van der Waals surface area contributed by atoms with Gasteiger partial charge < -0.3 is 19.4 Å². The summed E-state index contributed by atoms with van der Waals surface area (Å²) in [4.78, 5) is 25.8. The summed E-state index contributed by atoms with van der Waals surface area (Å²) in [5.41, 5.74) is 0.748. The molecule has 1 amide bonds. The number of ether oxygens (including phenoxy) is 2. The second-order valence-corrected chi connectivity index (χ2v) is 7.49. The number of rotatable bonds is 5. The summed E-state index contributed by atoms with van der Waals surface area (Å²) >= 11 is 6.33. The molecule has 0 aliphatic carbocycles. The number of thioether (sulfide) groups is 1. The molecule has 0 aromatic heterocycles. The lowest BCUT2D eigenvalue weighted by Gasteiger charge is -2.32. The molecule has 2 heterocycles. The Bertz CT molecular complexity index is 776. The van der Waals surface area contributed by atoms with Crippen molar-refractivity contribution in [3.05, 3.63) is 28.7 Å². The molecule has 0 radical (unpaired) electrons. The molecule has 1 fully saturated rings. The Balaban J connectivity index is 1.89. The Morgan fingerprint density at radius 3 is 2.84 bits per heavy atom. The third kappa shape index (κ3) is 3.36. The molecule has 0 N–H and O–H groups in total. The summed E-state index contributed by atoms with van der Waals surface area (Å²) in [6, 6.07) is 4.25. The van der Waals surface area contributed by atoms with Crippen LogP contribution in [0.3, 0.4) is 0 Å². The van der Waals surface area contributed by atoms with Crippen LogP contribution >= 0.6 is 24.0 Å². The molecule has 2 aliphatic rings. The molecule has 1 aromatic rings. The van der Waals surface area contributed by atoms with Crippen LogP contribution in [0.5, 0.6) is 11.5 Å². The van der Waals surface area contributed by atoms with E-state index in [2.05, 4.69) is 0 Å². The highest BCUT2D eigenvalue weighted by Crippen LogP contribution is 2.38. The topological polar surface area (TPSA) is 78.9 Å². The van der Waals surface area contributed by atoms with Gasteiger partial charge in [0.1, 0.15) is 4.32 Å². The number of thiocarbonyl (C=S) groups is 1. The van der Waals surface area contributed by atoms with E-state index in [4.69, 9.17) is 21.7 Å². The maximum Gasteiger partial charge on any atom is 0.266 e. The van der Waals surface area contributed by atoms with E-state index >= 15 is 0 Å². The second kappa shape index (κ2) is 7.05. The summed E-state index contributed by atoms with van der Waals surface area (Å²) < 4.78 is 10.8. The number of carbonyl (C=O) groups is 2. The van der Waals surface area contributed by atoms with Gasteiger partial charge in [0.15, 0.2) is 11.5 Å². The molecule has 2 atom stereocenters. The summed E-state index contributed by atoms with van der Waals surface area (Å²) in [5, 5.41) is 11.5. The summed E-state index contributed by atoms with van der Waals surface area (Å²) in [7, 11) is 0. The monoisotopic (exact) mass is 378 g/mol. The number of hydrogen-bond acceptors (Lipinski definition) is 7. The van der Waals surface area contributed by atoms with Crippen molar-refractivity contribution >= 4 is 46.3 Å². The zero-order chi connectivity index (χ0) is 18.1. The lowest BCUT2D eigenvalue weighted by atomic mass is 9.98. The molecule has 1 aromatic carbocycles. The van der Waals surface area contributed by atoms with Crippen molar-refractivity contribution in [2.75, 3.05) is 6.79 Å². The molecule has 0 saturated carbocycles. The molecule has 2 aliphatic heterocycles. The highest BCUT2D eigenvalue weighted by molar-refractivity contribution is 8.26. The molecular formula is C17H16NO5S2-. The van der Waals surface area contributed by atoms with Gasteiger partial charge in [0.05, 0.1) is 16.9 Å². The average molecular weight is 378 g/mol. The molecule has 1 saturated heterocycles. The number of amides is 1. The number of carbonyl (C=O) groups excluding carboxylic acids is 2. The van der Waals surface area contributed by atoms with Crippen LogP contribution in [0.1, 0.15) is 25.8 Å². The first-order valence-corrected chi connectivity index (χ1v) is 9.02. The average Bonchev–Trinajstić information content (AvgIpc) is 3.14. The predicted octanol–water partition coefficient (Wildman–Crippen LogP) is 1.78. The van der Waals surface area contributed by atoms with Crippen molar-refractivity contribution in [1.82, 2.24) is 4.90 Å². The van der Waals surface area contributed by atoms with Crippen molar-refractivity contribution in [3.63, 3.8) is 0 Å². The molecule has 3 rings (SSSR count). The number of nitrogens with zero attached hydrogens (tertiary/aromatic N) is 1. The van der Waals surface area contributed by atoms with Crippen LogP contribution in [0.25, 0.3) is 6.08 Å². The van der Waals surface area contributed by atoms with Gasteiger partial charge in [0.25, 0.3) is 5.91 Å². The molecule has 6 nitrogen and oxygen atoms in total. The van der Waals surface area contributed by atoms with Crippen LogP contribution in [-0.2, 0) is 9.59 Å². The van der Waals surface area contributed by atoms with E-state index < -0.39 is 17.9 Å². The Labute approximate surface area is 154 Å². The van der Waals surface area contributed by atoms with Gasteiger partial charge in [-0.25, -0.2) is 0 Å². The standard InChI is InChI=1S/C17H17NO5S2/c1-3-9(2)14(16(20)21)18-15(19)13(25-17(18)24)7-10-4-5-11-12(6-10)23-8-22-11/h4-7,9,14H,3,8H2,1-2H3,(H,20,21)/p-1/b13-7-/t9-,14+/m1/s1. The zero-order valence-electron chi connectivity index (χ0n) is 13.7. The fourth-order valence-electron chi connectivity index (χ4n) is 2.69. The minimum atomic E-state index is -1.30. The summed E-state index contributed by atoms with van der Waals surface area (Å²) in [5.74, 6) is -0.718. The van der Waals surface area contributed by atoms with E-state index in [1.165, 1.54) is 0 Å². The quantitative estimate of drug-likeness (QED) is 0.571. The number of aliphatic carboxylic acids is 1. The van der Waals surface area contributed by atoms with Gasteiger partial charge in [0.2, 0.25) is 6.79 Å². The summed E-state index contributed by atoms with van der Waals surface area (Å²) in [6.07, 6.45) is 2.27. The predicted molar refractivity (Wildman–Crippen MR) is 95.8 cm³/mol. The van der Waals surface area contributed by atoms with E-state index in [1.54, 1.807) is 31.2 Å². The van der Waals surface area contributed by atoms with Crippen LogP contribution in [0.2, 0.25) is 0 Å². The number of carboxylic acid groups (broad SMARTS) is 1. The van der Waals surface area contributed by atoms with Gasteiger partial charge in [-0.3, -0.25) is 9.69 Å². The normalized spacial score (nSPS) is 20.2. The van der Waals surface area contributed by atoms with Gasteiger partial charge in [-0.1, -0.05) is 50.3 Å². The van der Waals surface area contributed by atoms with E-state index in [1.807, 2.05) is 6.92 Å². The Morgan fingerprint density at radius 2 is 2.16 bits per heavy atom. The van der Waals surface area contributed by atoms with Crippen LogP contribution in [0.4, 0.5) is 0 Å². The lowest BCUT2D eigenvalue weighted by molar-refractivity contribution is -0.311. The first kappa shape index (κ1) is 17.8. The van der Waals surface area contributed by atoms with Crippen molar-refractivity contribution < 1.29 is 24.2 Å². The van der Waals surface area contributed by atoms with Crippen molar-refractivity contribution in [2.24, 2.45) is 5.92 Å². The van der Waals surface area contributed by atoms with Crippen molar-refractivity contribution in [3.8, 4) is 11.5 Å². The smallest absolute Gasteiger partial charge is 0.266 e. The lowest BCUT2D eigenvalue weighted by Crippen LogP contribution is -2.53. The number of benzene rings is 1. The Hall–Kier alpha value is -2.06. The first-order chi connectivity index (χ1) is 11.9. The van der Waals surface area contributed by atoms with E-state index in [0.717, 1.165) is 22.2 Å². The first-order valence-electron chi connectivity index (χ1n) is 7.80. The van der Waals surface area contributed by atoms with Crippen molar-refractivity contribution in [1.29, 1.82) is 0 Å². The summed E-state index contributed by atoms with van der Waals surface area (Å²) in [6.45, 7) is 3.80. The van der Waals surface area contributed by atoms with Crippen molar-refractivity contribution in [2.45, 2.75) is 26.3 Å². The highest BCUT2D eigenvalue weighted by Gasteiger charge is 2.39. The van der Waals surface area contributed by atoms with Gasteiger partial charge in [-0.2, -0.15) is 0 Å². The van der Waals surface area contributed by atoms with E-state index in [0.29, 0.717) is 22.8 Å². The number of hydrogen-bond donors (Lipinski definition) is 0. The van der Waals surface area contributed by atoms with Gasteiger partial charge in [-0.15, -0.1) is 0 Å². The molecule has 8 heteroatoms. The Morgan fingerprint density at radius 1 is 1.44 bits per heavy atom. The highest BCUT2D eigenvalue weighted by atomic mass is 32.2. The molecular weight excluding hydrogens is 362 g/mol. The number of carboxylic acids is 1. The zero-order valence-corrected chi connectivity index (χ0v) is 15.3.